The second kappa shape index (κ2) is 12.0. The number of para-hydroxylation sites is 1. The third-order valence-electron chi connectivity index (χ3n) is 5.25. The summed E-state index contributed by atoms with van der Waals surface area (Å²) >= 11 is 0. The molecule has 0 aliphatic carbocycles. The zero-order valence-corrected chi connectivity index (χ0v) is 20.5. The molecule has 0 radical (unpaired) electrons. The van der Waals surface area contributed by atoms with E-state index < -0.39 is 10.0 Å². The Labute approximate surface area is 206 Å². The Bertz CT molecular complexity index is 1260. The first-order valence-corrected chi connectivity index (χ1v) is 13.0. The summed E-state index contributed by atoms with van der Waals surface area (Å²) in [6, 6.07) is 23.0. The molecule has 3 aromatic carbocycles. The largest absolute Gasteiger partial charge is 0.497 e. The molecule has 0 atom stereocenters. The molecule has 35 heavy (non-hydrogen) atoms. The lowest BCUT2D eigenvalue weighted by Crippen LogP contribution is -2.31. The van der Waals surface area contributed by atoms with Crippen LogP contribution in [-0.2, 0) is 21.4 Å². The van der Waals surface area contributed by atoms with Crippen LogP contribution in [0.2, 0.25) is 0 Å². The third-order valence-corrected chi connectivity index (χ3v) is 6.44. The molecule has 2 N–H and O–H groups in total. The van der Waals surface area contributed by atoms with E-state index in [4.69, 9.17) is 4.74 Å². The SMILES string of the molecule is COc1cccc(N(CCCC(=O)Nc2ccccc2C(=O)NCc2ccccc2)S(C)(=O)=O)c1. The summed E-state index contributed by atoms with van der Waals surface area (Å²) < 4.78 is 31.1. The predicted octanol–water partition coefficient (Wildman–Crippen LogP) is 3.81. The maximum absolute atomic E-state index is 12.7. The molecule has 0 saturated carbocycles. The van der Waals surface area contributed by atoms with Crippen LogP contribution in [0.1, 0.15) is 28.8 Å². The summed E-state index contributed by atoms with van der Waals surface area (Å²) in [4.78, 5) is 25.3. The Morgan fingerprint density at radius 1 is 0.943 bits per heavy atom. The maximum atomic E-state index is 12.7. The molecule has 0 aliphatic rings. The molecule has 0 aliphatic heterocycles. The van der Waals surface area contributed by atoms with Gasteiger partial charge in [0, 0.05) is 25.6 Å². The van der Waals surface area contributed by atoms with Gasteiger partial charge in [0.15, 0.2) is 0 Å². The van der Waals surface area contributed by atoms with Gasteiger partial charge in [-0.25, -0.2) is 8.42 Å². The monoisotopic (exact) mass is 495 g/mol. The van der Waals surface area contributed by atoms with Crippen LogP contribution in [0.5, 0.6) is 5.75 Å². The molecule has 3 aromatic rings. The van der Waals surface area contributed by atoms with Crippen LogP contribution >= 0.6 is 0 Å². The molecule has 0 saturated heterocycles. The first-order chi connectivity index (χ1) is 16.8. The number of rotatable bonds is 11. The number of carbonyl (C=O) groups is 2. The predicted molar refractivity (Wildman–Crippen MR) is 137 cm³/mol. The van der Waals surface area contributed by atoms with E-state index in [1.807, 2.05) is 30.3 Å². The molecule has 0 heterocycles. The standard InChI is InChI=1S/C26H29N3O5S/c1-34-22-13-8-12-21(18-22)29(35(2,32)33)17-9-16-25(30)28-24-15-7-6-14-23(24)26(31)27-19-20-10-4-3-5-11-20/h3-8,10-15,18H,9,16-17,19H2,1-2H3,(H,27,31)(H,28,30). The van der Waals surface area contributed by atoms with Gasteiger partial charge in [-0.1, -0.05) is 48.5 Å². The Balaban J connectivity index is 1.59. The number of carbonyl (C=O) groups excluding carboxylic acids is 2. The summed E-state index contributed by atoms with van der Waals surface area (Å²) in [5, 5.41) is 5.63. The minimum absolute atomic E-state index is 0.0793. The number of methoxy groups -OCH3 is 1. The molecular weight excluding hydrogens is 466 g/mol. The number of nitrogens with one attached hydrogen (secondary N) is 2. The molecule has 2 amide bonds. The van der Waals surface area contributed by atoms with Crippen molar-refractivity contribution < 1.29 is 22.7 Å². The number of anilines is 2. The first kappa shape index (κ1) is 25.8. The Hall–Kier alpha value is -3.85. The summed E-state index contributed by atoms with van der Waals surface area (Å²) in [7, 11) is -2.05. The zero-order chi connectivity index (χ0) is 25.3. The summed E-state index contributed by atoms with van der Waals surface area (Å²) in [6.45, 7) is 0.492. The first-order valence-electron chi connectivity index (χ1n) is 11.1. The fourth-order valence-electron chi connectivity index (χ4n) is 3.51. The van der Waals surface area contributed by atoms with Crippen LogP contribution < -0.4 is 19.7 Å². The second-order valence-electron chi connectivity index (χ2n) is 7.90. The average molecular weight is 496 g/mol. The maximum Gasteiger partial charge on any atom is 0.253 e. The van der Waals surface area contributed by atoms with Gasteiger partial charge in [0.05, 0.1) is 30.3 Å². The van der Waals surface area contributed by atoms with Gasteiger partial charge in [-0.05, 0) is 36.2 Å². The lowest BCUT2D eigenvalue weighted by molar-refractivity contribution is -0.116. The highest BCUT2D eigenvalue weighted by Gasteiger charge is 2.19. The summed E-state index contributed by atoms with van der Waals surface area (Å²) in [5.74, 6) is -0.0746. The van der Waals surface area contributed by atoms with Gasteiger partial charge in [0.2, 0.25) is 15.9 Å². The van der Waals surface area contributed by atoms with Crippen molar-refractivity contribution in [2.75, 3.05) is 29.5 Å². The number of benzene rings is 3. The lowest BCUT2D eigenvalue weighted by atomic mass is 10.1. The van der Waals surface area contributed by atoms with Crippen LogP contribution in [0, 0.1) is 0 Å². The molecule has 0 bridgehead atoms. The number of amides is 2. The number of hydrogen-bond acceptors (Lipinski definition) is 5. The lowest BCUT2D eigenvalue weighted by Gasteiger charge is -2.22. The molecule has 0 aromatic heterocycles. The number of ether oxygens (including phenoxy) is 1. The average Bonchev–Trinajstić information content (AvgIpc) is 2.85. The second-order valence-corrected chi connectivity index (χ2v) is 9.81. The Morgan fingerprint density at radius 2 is 1.66 bits per heavy atom. The molecule has 9 heteroatoms. The van der Waals surface area contributed by atoms with Crippen molar-refractivity contribution >= 4 is 33.2 Å². The van der Waals surface area contributed by atoms with E-state index in [1.165, 1.54) is 11.4 Å². The minimum Gasteiger partial charge on any atom is -0.497 e. The third kappa shape index (κ3) is 7.58. The molecular formula is C26H29N3O5S. The highest BCUT2D eigenvalue weighted by Crippen LogP contribution is 2.23. The smallest absolute Gasteiger partial charge is 0.253 e. The molecule has 3 rings (SSSR count). The van der Waals surface area contributed by atoms with Gasteiger partial charge in [-0.2, -0.15) is 0 Å². The van der Waals surface area contributed by atoms with Crippen molar-refractivity contribution in [1.82, 2.24) is 5.32 Å². The highest BCUT2D eigenvalue weighted by molar-refractivity contribution is 7.92. The van der Waals surface area contributed by atoms with Gasteiger partial charge in [-0.15, -0.1) is 0 Å². The van der Waals surface area contributed by atoms with Gasteiger partial charge in [0.1, 0.15) is 5.75 Å². The van der Waals surface area contributed by atoms with E-state index in [1.54, 1.807) is 48.5 Å². The number of nitrogens with zero attached hydrogens (tertiary/aromatic N) is 1. The van der Waals surface area contributed by atoms with Crippen molar-refractivity contribution in [2.45, 2.75) is 19.4 Å². The van der Waals surface area contributed by atoms with Crippen molar-refractivity contribution in [2.24, 2.45) is 0 Å². The fraction of sp³-hybridized carbons (Fsp3) is 0.231. The highest BCUT2D eigenvalue weighted by atomic mass is 32.2. The van der Waals surface area contributed by atoms with Crippen LogP contribution in [0.4, 0.5) is 11.4 Å². The van der Waals surface area contributed by atoms with E-state index >= 15 is 0 Å². The van der Waals surface area contributed by atoms with E-state index in [0.29, 0.717) is 35.7 Å². The van der Waals surface area contributed by atoms with Gasteiger partial charge < -0.3 is 15.4 Å². The normalized spacial score (nSPS) is 10.9. The molecule has 8 nitrogen and oxygen atoms in total. The molecule has 0 fully saturated rings. The summed E-state index contributed by atoms with van der Waals surface area (Å²) in [5.41, 5.74) is 2.18. The Morgan fingerprint density at radius 3 is 2.37 bits per heavy atom. The fourth-order valence-corrected chi connectivity index (χ4v) is 4.47. The topological polar surface area (TPSA) is 105 Å². The van der Waals surface area contributed by atoms with Crippen molar-refractivity contribution in [3.05, 3.63) is 90.0 Å². The molecule has 0 unspecified atom stereocenters. The van der Waals surface area contributed by atoms with Crippen LogP contribution in [0.15, 0.2) is 78.9 Å². The molecule has 0 spiro atoms. The van der Waals surface area contributed by atoms with Crippen LogP contribution in [-0.4, -0.2) is 40.1 Å². The minimum atomic E-state index is -3.55. The van der Waals surface area contributed by atoms with Gasteiger partial charge >= 0.3 is 0 Å². The quantitative estimate of drug-likeness (QED) is 0.421. The van der Waals surface area contributed by atoms with E-state index in [9.17, 15) is 18.0 Å². The van der Waals surface area contributed by atoms with E-state index in [-0.39, 0.29) is 24.8 Å². The van der Waals surface area contributed by atoms with Crippen molar-refractivity contribution in [1.29, 1.82) is 0 Å². The summed E-state index contributed by atoms with van der Waals surface area (Å²) in [6.07, 6.45) is 1.49. The zero-order valence-electron chi connectivity index (χ0n) is 19.7. The molecule has 184 valence electrons. The van der Waals surface area contributed by atoms with E-state index in [2.05, 4.69) is 10.6 Å². The number of sulfonamides is 1. The van der Waals surface area contributed by atoms with Crippen LogP contribution in [0.25, 0.3) is 0 Å². The van der Waals surface area contributed by atoms with E-state index in [0.717, 1.165) is 11.8 Å². The Kier molecular flexibility index (Phi) is 8.86. The van der Waals surface area contributed by atoms with Crippen molar-refractivity contribution in [3.8, 4) is 5.75 Å². The van der Waals surface area contributed by atoms with Gasteiger partial charge in [-0.3, -0.25) is 13.9 Å². The van der Waals surface area contributed by atoms with Crippen LogP contribution in [0.3, 0.4) is 0 Å². The van der Waals surface area contributed by atoms with Gasteiger partial charge in [0.25, 0.3) is 5.91 Å². The van der Waals surface area contributed by atoms with Crippen molar-refractivity contribution in [3.63, 3.8) is 0 Å². The number of hydrogen-bond donors (Lipinski definition) is 2.